The number of unbranched alkanes of at least 4 members (excludes halogenated alkanes) is 4. The Kier molecular flexibility index (Phi) is 42.8. The molecule has 1 fully saturated rings. The molecule has 1 saturated heterocycles. The van der Waals surface area contributed by atoms with Crippen LogP contribution in [0.4, 0.5) is 20.1 Å². The van der Waals surface area contributed by atoms with Crippen LogP contribution in [0, 0.1) is 29.6 Å². The first-order chi connectivity index (χ1) is 52.9. The van der Waals surface area contributed by atoms with Crippen LogP contribution in [0.1, 0.15) is 196 Å². The second kappa shape index (κ2) is 49.6. The van der Waals surface area contributed by atoms with Crippen molar-refractivity contribution in [2.75, 3.05) is 53.3 Å². The van der Waals surface area contributed by atoms with Gasteiger partial charge in [-0.1, -0.05) is 124 Å². The highest BCUT2D eigenvalue weighted by Gasteiger charge is 2.44. The molecule has 0 spiro atoms. The first-order valence-electron chi connectivity index (χ1n) is 38.8. The molecule has 34 heteroatoms. The number of ether oxygens (including phenoxy) is 3. The highest BCUT2D eigenvalue weighted by atomic mass is 16.6. The number of primary amides is 1. The molecule has 0 aliphatic carbocycles. The van der Waals surface area contributed by atoms with E-state index in [1.54, 1.807) is 104 Å². The summed E-state index contributed by atoms with van der Waals surface area (Å²) in [7, 11) is 6.04. The number of urea groups is 2. The van der Waals surface area contributed by atoms with Gasteiger partial charge in [0.05, 0.1) is 48.8 Å². The number of amides is 13. The van der Waals surface area contributed by atoms with Crippen molar-refractivity contribution in [2.24, 2.45) is 35.3 Å². The maximum atomic E-state index is 14.9. The van der Waals surface area contributed by atoms with Crippen molar-refractivity contribution in [2.45, 2.75) is 258 Å². The number of likely N-dealkylation sites (tertiary alicyclic amines) is 1. The van der Waals surface area contributed by atoms with Gasteiger partial charge in [-0.25, -0.2) is 24.0 Å². The number of anilines is 1. The van der Waals surface area contributed by atoms with Crippen molar-refractivity contribution in [3.63, 3.8) is 0 Å². The van der Waals surface area contributed by atoms with Gasteiger partial charge in [0, 0.05) is 72.9 Å². The monoisotopic (exact) mass is 1580 g/mol. The number of aliphatic hydroxyl groups is 1. The molecule has 2 aromatic carbocycles. The molecular weight excluding hydrogens is 1450 g/mol. The first-order valence-corrected chi connectivity index (χ1v) is 38.8. The summed E-state index contributed by atoms with van der Waals surface area (Å²) in [6.07, 6.45) is 0.786. The molecule has 2 aromatic rings. The minimum Gasteiger partial charge on any atom is -0.481 e. The van der Waals surface area contributed by atoms with Gasteiger partial charge in [-0.2, -0.15) is 0 Å². The lowest BCUT2D eigenvalue weighted by Gasteiger charge is -2.41. The van der Waals surface area contributed by atoms with E-state index in [1.807, 2.05) is 32.0 Å². The molecule has 15 N–H and O–H groups in total. The smallest absolute Gasteiger partial charge is 0.410 e. The van der Waals surface area contributed by atoms with Crippen molar-refractivity contribution in [3.05, 3.63) is 65.7 Å². The minimum atomic E-state index is -1.54. The quantitative estimate of drug-likeness (QED) is 0.0374. The summed E-state index contributed by atoms with van der Waals surface area (Å²) >= 11 is 0. The van der Waals surface area contributed by atoms with Crippen LogP contribution < -0.4 is 53.6 Å². The highest BCUT2D eigenvalue weighted by Crippen LogP contribution is 2.31. The van der Waals surface area contributed by atoms with Crippen LogP contribution in [0.25, 0.3) is 0 Å². The molecule has 1 aliphatic rings. The maximum Gasteiger partial charge on any atom is 0.410 e. The highest BCUT2D eigenvalue weighted by molar-refractivity contribution is 5.99. The van der Waals surface area contributed by atoms with E-state index in [0.717, 1.165) is 4.90 Å². The number of hydrogen-bond donors (Lipinski definition) is 14. The van der Waals surface area contributed by atoms with Crippen molar-refractivity contribution < 1.29 is 102 Å². The molecule has 3 rings (SSSR count). The summed E-state index contributed by atoms with van der Waals surface area (Å²) in [6, 6.07) is 4.43. The topological polar surface area (TPSA) is 492 Å². The van der Waals surface area contributed by atoms with Gasteiger partial charge < -0.3 is 98.0 Å². The Morgan fingerprint density at radius 2 is 1.18 bits per heavy atom. The number of nitrogens with two attached hydrogens (primary N) is 1. The second-order valence-corrected chi connectivity index (χ2v) is 29.9. The molecule has 0 aromatic heterocycles. The van der Waals surface area contributed by atoms with Gasteiger partial charge in [-0.05, 0) is 118 Å². The number of nitrogens with zero attached hydrogens (tertiary/aromatic N) is 3. The summed E-state index contributed by atoms with van der Waals surface area (Å²) < 4.78 is 17.8. The lowest BCUT2D eigenvalue weighted by Crippen LogP contribution is -2.60. The summed E-state index contributed by atoms with van der Waals surface area (Å²) in [5.41, 5.74) is 6.73. The molecule has 1 aliphatic heterocycles. The van der Waals surface area contributed by atoms with Crippen LogP contribution in [0.5, 0.6) is 0 Å². The number of carboxylic acids is 3. The van der Waals surface area contributed by atoms with Crippen molar-refractivity contribution in [3.8, 4) is 0 Å². The first kappa shape index (κ1) is 96.5. The summed E-state index contributed by atoms with van der Waals surface area (Å²) in [5, 5.41) is 62.2. The Hall–Kier alpha value is -9.70. The molecule has 112 heavy (non-hydrogen) atoms. The predicted octanol–water partition coefficient (Wildman–Crippen LogP) is 5.29. The van der Waals surface area contributed by atoms with E-state index in [2.05, 4.69) is 47.9 Å². The van der Waals surface area contributed by atoms with Gasteiger partial charge in [0.25, 0.3) is 0 Å². The molecule has 13 amide bonds. The van der Waals surface area contributed by atoms with Crippen LogP contribution in [0.2, 0.25) is 0 Å². The number of carbonyl (C=O) groups is 14. The van der Waals surface area contributed by atoms with E-state index in [-0.39, 0.29) is 88.3 Å². The van der Waals surface area contributed by atoms with Gasteiger partial charge in [-0.3, -0.25) is 48.1 Å². The Labute approximate surface area is 657 Å². The largest absolute Gasteiger partial charge is 0.481 e. The van der Waals surface area contributed by atoms with Crippen LogP contribution in [-0.2, 0) is 73.6 Å². The fourth-order valence-electron chi connectivity index (χ4n) is 13.5. The molecule has 1 heterocycles. The number of methoxy groups -OCH3 is 2. The number of rotatable bonds is 51. The van der Waals surface area contributed by atoms with Crippen molar-refractivity contribution in [1.29, 1.82) is 0 Å². The number of hydrogen-bond acceptors (Lipinski definition) is 18. The molecule has 628 valence electrons. The Morgan fingerprint density at radius 3 is 1.73 bits per heavy atom. The third kappa shape index (κ3) is 32.6. The van der Waals surface area contributed by atoms with Crippen molar-refractivity contribution >= 4 is 89.0 Å². The van der Waals surface area contributed by atoms with Gasteiger partial charge in [-0.15, -0.1) is 0 Å². The summed E-state index contributed by atoms with van der Waals surface area (Å²) in [5.74, 6) is -9.90. The van der Waals surface area contributed by atoms with Crippen LogP contribution in [0.3, 0.4) is 0 Å². The van der Waals surface area contributed by atoms with E-state index in [0.29, 0.717) is 74.7 Å². The van der Waals surface area contributed by atoms with Crippen LogP contribution >= 0.6 is 0 Å². The van der Waals surface area contributed by atoms with E-state index < -0.39 is 175 Å². The van der Waals surface area contributed by atoms with Crippen molar-refractivity contribution in [1.82, 2.24) is 57.2 Å². The minimum absolute atomic E-state index is 0.0334. The zero-order chi connectivity index (χ0) is 84.1. The van der Waals surface area contributed by atoms with E-state index in [9.17, 15) is 82.4 Å². The lowest BCUT2D eigenvalue weighted by atomic mass is 9.89. The number of aliphatic carboxylic acids is 3. The Morgan fingerprint density at radius 1 is 0.589 bits per heavy atom. The second-order valence-electron chi connectivity index (χ2n) is 29.9. The molecule has 0 saturated carbocycles. The summed E-state index contributed by atoms with van der Waals surface area (Å²) in [6.45, 7) is 18.4. The van der Waals surface area contributed by atoms with Gasteiger partial charge in [0.2, 0.25) is 47.3 Å². The molecule has 0 bridgehead atoms. The lowest BCUT2D eigenvalue weighted by molar-refractivity contribution is -0.148. The maximum absolute atomic E-state index is 14.9. The number of benzene rings is 2. The average Bonchev–Trinajstić information content (AvgIpc) is 1.54. The van der Waals surface area contributed by atoms with E-state index in [1.165, 1.54) is 26.2 Å². The van der Waals surface area contributed by atoms with E-state index >= 15 is 0 Å². The fourth-order valence-corrected chi connectivity index (χ4v) is 13.5. The molecule has 0 unspecified atom stereocenters. The predicted molar refractivity (Wildman–Crippen MR) is 415 cm³/mol. The van der Waals surface area contributed by atoms with Gasteiger partial charge in [0.15, 0.2) is 0 Å². The SMILES string of the molecule is CC[C@H](C)[C@@H]([C@@H](CC(=O)N1CCC[C@H]1[C@H](OC)[C@@H](C)C(=O)N[C@H](C)[C@@H](O)c1ccccc1)OC)N(C)C(=O)[C@@H](NC(=O)[C@H](C(C)C)N(C)C(=O)OCc1ccc(NC(=O)[C@H](CCCNC(N)=O)NC(=O)[C@@H](NC(=O)CCCCCCC(=O)NCCCC[C@H](NC(=O)N[C@@H](CCC(=O)O)C(=O)O)C(=O)O)C(C)C)cc1)C(C)C. The van der Waals surface area contributed by atoms with Gasteiger partial charge >= 0.3 is 36.1 Å². The number of likely N-dealkylation sites (N-methyl/N-ethyl adjacent to an activating group) is 2. The third-order valence-electron chi connectivity index (χ3n) is 20.2. The number of aliphatic hydroxyl groups excluding tert-OH is 1. The number of carboxylic acid groups (broad SMARTS) is 3. The molecular formula is C78H125N13O21. The van der Waals surface area contributed by atoms with E-state index in [4.69, 9.17) is 25.1 Å². The number of carbonyl (C=O) groups excluding carboxylic acids is 11. The third-order valence-corrected chi connectivity index (χ3v) is 20.2. The van der Waals surface area contributed by atoms with Crippen LogP contribution in [-0.4, -0.2) is 233 Å². The Balaban J connectivity index is 1.58. The molecule has 14 atom stereocenters. The Bertz CT molecular complexity index is 3390. The fraction of sp³-hybridized carbons (Fsp3) is 0.667. The average molecular weight is 1580 g/mol. The normalized spacial score (nSPS) is 16.2. The zero-order valence-corrected chi connectivity index (χ0v) is 67.5. The summed E-state index contributed by atoms with van der Waals surface area (Å²) in [4.78, 5) is 187. The zero-order valence-electron chi connectivity index (χ0n) is 67.5. The molecule has 0 radical (unpaired) electrons. The number of nitrogens with one attached hydrogen (secondary N) is 9. The van der Waals surface area contributed by atoms with Gasteiger partial charge in [0.1, 0.15) is 42.9 Å². The molecule has 34 nitrogen and oxygen atoms in total. The van der Waals surface area contributed by atoms with Crippen LogP contribution in [0.15, 0.2) is 54.6 Å². The standard InChI is InChI=1S/C78H125N13O21/c1-15-48(8)66(58(110-13)43-61(94)91-42-26-31-57(91)68(111-14)49(9)69(98)82-50(10)67(97)52-27-19-18-20-28-52)89(11)73(102)64(46(4)5)88-72(101)65(47(6)7)90(12)78(109)112-44-51-34-36-53(37-35-51)83-70(99)54(30-25-41-81-76(79)107)84-71(100)63(45(2)3)87-60(93)33-22-17-16-21-32-59(92)80-40-24-23-29-55(74(103)104)85-77(108)86-56(75(105)106)38-39-62(95)96/h18-20,27-28,34-37,45-50,54-58,63-68,97H,15-17,21-26,29-33,38-44H2,1-14H3,(H,80,92)(H,82,98)(H,83,99)(H,84,100)(H,87,93)(H,88,101)(H,95,96)(H,103,104)(H,105,106)(H3,79,81,107)(H2,85,86,108)/t48-,49+,50+,54-,55-,56-,57-,58+,63-,64-,65-,66-,67+,68+/m0/s1.